The number of hydrogen-bond donors (Lipinski definition) is 0. The van der Waals surface area contributed by atoms with Crippen molar-refractivity contribution in [1.29, 1.82) is 0 Å². The summed E-state index contributed by atoms with van der Waals surface area (Å²) < 4.78 is 5.93. The van der Waals surface area contributed by atoms with Crippen LogP contribution in [0.2, 0.25) is 0 Å². The normalized spacial score (nSPS) is 14.7. The number of benzene rings is 2. The van der Waals surface area contributed by atoms with Crippen molar-refractivity contribution in [3.05, 3.63) is 64.7 Å². The molecule has 1 fully saturated rings. The van der Waals surface area contributed by atoms with Crippen molar-refractivity contribution < 1.29 is 14.3 Å². The average molecular weight is 451 g/mol. The van der Waals surface area contributed by atoms with Crippen LogP contribution in [0.1, 0.15) is 67.1 Å². The summed E-state index contributed by atoms with van der Waals surface area (Å²) in [6.07, 6.45) is 1.95. The first-order valence-corrected chi connectivity index (χ1v) is 12.0. The van der Waals surface area contributed by atoms with Crippen LogP contribution in [-0.4, -0.2) is 54.4 Å². The number of nitrogens with zero attached hydrogens (tertiary/aromatic N) is 2. The molecule has 0 unspecified atom stereocenters. The van der Waals surface area contributed by atoms with Crippen molar-refractivity contribution in [2.24, 2.45) is 0 Å². The molecule has 3 rings (SSSR count). The molecule has 33 heavy (non-hydrogen) atoms. The van der Waals surface area contributed by atoms with Gasteiger partial charge >= 0.3 is 0 Å². The van der Waals surface area contributed by atoms with E-state index in [2.05, 4.69) is 20.8 Å². The SMILES string of the molecule is Cc1cccc(C)c1OCCCC(=O)N1CCCN(C(=O)c2ccc(C(C)(C)C)cc2)CC1. The van der Waals surface area contributed by atoms with Gasteiger partial charge in [0.05, 0.1) is 6.61 Å². The molecule has 0 atom stereocenters. The third-order valence-corrected chi connectivity index (χ3v) is 6.32. The van der Waals surface area contributed by atoms with Gasteiger partial charge in [0.25, 0.3) is 5.91 Å². The van der Waals surface area contributed by atoms with Crippen molar-refractivity contribution in [3.8, 4) is 5.75 Å². The Hall–Kier alpha value is -2.82. The van der Waals surface area contributed by atoms with Crippen LogP contribution in [0, 0.1) is 13.8 Å². The second-order valence-corrected chi connectivity index (χ2v) is 10.0. The summed E-state index contributed by atoms with van der Waals surface area (Å²) in [5, 5.41) is 0. The molecule has 2 amide bonds. The van der Waals surface area contributed by atoms with Gasteiger partial charge in [-0.2, -0.15) is 0 Å². The predicted octanol–water partition coefficient (Wildman–Crippen LogP) is 5.13. The van der Waals surface area contributed by atoms with E-state index >= 15 is 0 Å². The minimum Gasteiger partial charge on any atom is -0.493 e. The van der Waals surface area contributed by atoms with Crippen LogP contribution >= 0.6 is 0 Å². The van der Waals surface area contributed by atoms with Crippen LogP contribution in [0.3, 0.4) is 0 Å². The molecule has 0 N–H and O–H groups in total. The number of amides is 2. The Balaban J connectivity index is 1.47. The molecule has 0 radical (unpaired) electrons. The lowest BCUT2D eigenvalue weighted by atomic mass is 9.86. The average Bonchev–Trinajstić information content (AvgIpc) is 3.03. The third kappa shape index (κ3) is 6.59. The first-order valence-electron chi connectivity index (χ1n) is 12.0. The van der Waals surface area contributed by atoms with Gasteiger partial charge in [-0.1, -0.05) is 51.1 Å². The van der Waals surface area contributed by atoms with Crippen LogP contribution in [0.25, 0.3) is 0 Å². The maximum absolute atomic E-state index is 13.0. The smallest absolute Gasteiger partial charge is 0.253 e. The zero-order valence-electron chi connectivity index (χ0n) is 20.8. The standard InChI is InChI=1S/C28H38N2O3/c1-21-9-6-10-22(2)26(21)33-20-7-11-25(31)29-16-8-17-30(19-18-29)27(32)23-12-14-24(15-13-23)28(3,4)5/h6,9-10,12-15H,7-8,11,16-20H2,1-5H3. The predicted molar refractivity (Wildman–Crippen MR) is 133 cm³/mol. The van der Waals surface area contributed by atoms with Crippen LogP contribution in [0.5, 0.6) is 5.75 Å². The topological polar surface area (TPSA) is 49.9 Å². The Bertz CT molecular complexity index is 940. The number of ether oxygens (including phenoxy) is 1. The van der Waals surface area contributed by atoms with Gasteiger partial charge in [0.2, 0.25) is 5.91 Å². The van der Waals surface area contributed by atoms with Gasteiger partial charge in [-0.3, -0.25) is 9.59 Å². The molecule has 2 aromatic carbocycles. The first-order chi connectivity index (χ1) is 15.7. The number of carbonyl (C=O) groups is 2. The zero-order valence-corrected chi connectivity index (χ0v) is 20.8. The van der Waals surface area contributed by atoms with Crippen molar-refractivity contribution in [1.82, 2.24) is 9.80 Å². The molecule has 178 valence electrons. The third-order valence-electron chi connectivity index (χ3n) is 6.32. The van der Waals surface area contributed by atoms with Crippen molar-refractivity contribution in [3.63, 3.8) is 0 Å². The maximum Gasteiger partial charge on any atom is 0.253 e. The van der Waals surface area contributed by atoms with E-state index in [4.69, 9.17) is 4.74 Å². The molecule has 1 heterocycles. The summed E-state index contributed by atoms with van der Waals surface area (Å²) in [5.41, 5.74) is 4.23. The number of carbonyl (C=O) groups excluding carboxylic acids is 2. The lowest BCUT2D eigenvalue weighted by Crippen LogP contribution is -2.37. The number of rotatable bonds is 6. The minimum absolute atomic E-state index is 0.0479. The fraction of sp³-hybridized carbons (Fsp3) is 0.500. The number of para-hydroxylation sites is 1. The van der Waals surface area contributed by atoms with Crippen molar-refractivity contribution in [2.75, 3.05) is 32.8 Å². The molecule has 5 nitrogen and oxygen atoms in total. The lowest BCUT2D eigenvalue weighted by Gasteiger charge is -2.23. The van der Waals surface area contributed by atoms with Crippen LogP contribution in [0.4, 0.5) is 0 Å². The molecule has 1 saturated heterocycles. The fourth-order valence-corrected chi connectivity index (χ4v) is 4.25. The molecule has 0 saturated carbocycles. The molecule has 2 aromatic rings. The minimum atomic E-state index is 0.0479. The van der Waals surface area contributed by atoms with Gasteiger partial charge < -0.3 is 14.5 Å². The Morgan fingerprint density at radius 1 is 0.879 bits per heavy atom. The van der Waals surface area contributed by atoms with Gasteiger partial charge in [0.1, 0.15) is 5.75 Å². The summed E-state index contributed by atoms with van der Waals surface area (Å²) in [7, 11) is 0. The van der Waals surface area contributed by atoms with E-state index in [0.29, 0.717) is 51.2 Å². The number of hydrogen-bond acceptors (Lipinski definition) is 3. The molecular weight excluding hydrogens is 412 g/mol. The zero-order chi connectivity index (χ0) is 24.0. The van der Waals surface area contributed by atoms with Crippen molar-refractivity contribution in [2.45, 2.75) is 59.3 Å². The monoisotopic (exact) mass is 450 g/mol. The molecule has 0 aliphatic carbocycles. The van der Waals surface area contributed by atoms with E-state index in [1.807, 2.05) is 66.1 Å². The van der Waals surface area contributed by atoms with E-state index < -0.39 is 0 Å². The van der Waals surface area contributed by atoms with Gasteiger partial charge in [0, 0.05) is 38.2 Å². The molecular formula is C28H38N2O3. The summed E-state index contributed by atoms with van der Waals surface area (Å²) in [4.78, 5) is 29.5. The summed E-state index contributed by atoms with van der Waals surface area (Å²) >= 11 is 0. The molecule has 0 spiro atoms. The maximum atomic E-state index is 13.0. The highest BCUT2D eigenvalue weighted by molar-refractivity contribution is 5.94. The highest BCUT2D eigenvalue weighted by Crippen LogP contribution is 2.24. The fourth-order valence-electron chi connectivity index (χ4n) is 4.25. The summed E-state index contributed by atoms with van der Waals surface area (Å²) in [6.45, 7) is 13.6. The summed E-state index contributed by atoms with van der Waals surface area (Å²) in [5.74, 6) is 1.11. The van der Waals surface area contributed by atoms with Gasteiger partial charge in [-0.15, -0.1) is 0 Å². The Labute approximate surface area is 198 Å². The van der Waals surface area contributed by atoms with Crippen LogP contribution < -0.4 is 4.74 Å². The molecule has 0 bridgehead atoms. The van der Waals surface area contributed by atoms with Crippen LogP contribution in [-0.2, 0) is 10.2 Å². The van der Waals surface area contributed by atoms with Gasteiger partial charge in [0.15, 0.2) is 0 Å². The van der Waals surface area contributed by atoms with E-state index in [1.54, 1.807) is 0 Å². The Morgan fingerprint density at radius 3 is 2.12 bits per heavy atom. The van der Waals surface area contributed by atoms with E-state index in [9.17, 15) is 9.59 Å². The van der Waals surface area contributed by atoms with Crippen LogP contribution in [0.15, 0.2) is 42.5 Å². The second-order valence-electron chi connectivity index (χ2n) is 10.0. The van der Waals surface area contributed by atoms with Crippen molar-refractivity contribution >= 4 is 11.8 Å². The highest BCUT2D eigenvalue weighted by Gasteiger charge is 2.23. The Morgan fingerprint density at radius 2 is 1.48 bits per heavy atom. The largest absolute Gasteiger partial charge is 0.493 e. The first kappa shape index (κ1) is 24.8. The van der Waals surface area contributed by atoms with E-state index in [1.165, 1.54) is 5.56 Å². The van der Waals surface area contributed by atoms with E-state index in [-0.39, 0.29) is 17.2 Å². The van der Waals surface area contributed by atoms with E-state index in [0.717, 1.165) is 23.3 Å². The summed E-state index contributed by atoms with van der Waals surface area (Å²) in [6, 6.07) is 14.0. The molecule has 1 aliphatic heterocycles. The number of aryl methyl sites for hydroxylation is 2. The quantitative estimate of drug-likeness (QED) is 0.573. The second kappa shape index (κ2) is 10.9. The van der Waals surface area contributed by atoms with Gasteiger partial charge in [-0.05, 0) is 60.9 Å². The lowest BCUT2D eigenvalue weighted by molar-refractivity contribution is -0.131. The highest BCUT2D eigenvalue weighted by atomic mass is 16.5. The van der Waals surface area contributed by atoms with Gasteiger partial charge in [-0.25, -0.2) is 0 Å². The molecule has 0 aromatic heterocycles. The molecule has 5 heteroatoms. The Kier molecular flexibility index (Phi) is 8.17. The molecule has 1 aliphatic rings.